The van der Waals surface area contributed by atoms with Gasteiger partial charge in [0.25, 0.3) is 5.91 Å². The fourth-order valence-corrected chi connectivity index (χ4v) is 4.18. The highest BCUT2D eigenvalue weighted by atomic mass is 32.1. The van der Waals surface area contributed by atoms with Gasteiger partial charge in [0.15, 0.2) is 0 Å². The van der Waals surface area contributed by atoms with E-state index in [0.29, 0.717) is 6.04 Å². The number of piperazine rings is 1. The molecule has 1 atom stereocenters. The molecule has 0 N–H and O–H groups in total. The standard InChI is InChI=1S/C16H23N3O2S/c1-12-15(20)17(2)9-10-19(12)13-5-7-18(8-6-13)16(21)14-4-3-11-22-14/h3-4,11-13H,5-10H2,1-2H3/t12-/m0/s1. The smallest absolute Gasteiger partial charge is 0.263 e. The van der Waals surface area contributed by atoms with E-state index in [1.165, 1.54) is 11.3 Å². The number of piperidine rings is 1. The Hall–Kier alpha value is -1.40. The second-order valence-electron chi connectivity index (χ2n) is 6.17. The molecule has 0 bridgehead atoms. The van der Waals surface area contributed by atoms with Gasteiger partial charge < -0.3 is 9.80 Å². The lowest BCUT2D eigenvalue weighted by Gasteiger charge is -2.45. The highest BCUT2D eigenvalue weighted by Crippen LogP contribution is 2.23. The maximum absolute atomic E-state index is 12.4. The molecule has 120 valence electrons. The SMILES string of the molecule is C[C@H]1C(=O)N(C)CCN1C1CCN(C(=O)c2cccs2)CC1. The second kappa shape index (κ2) is 6.38. The summed E-state index contributed by atoms with van der Waals surface area (Å²) in [6, 6.07) is 4.19. The molecule has 0 aromatic carbocycles. The van der Waals surface area contributed by atoms with Gasteiger partial charge in [-0.25, -0.2) is 0 Å². The fourth-order valence-electron chi connectivity index (χ4n) is 3.49. The van der Waals surface area contributed by atoms with Gasteiger partial charge >= 0.3 is 0 Å². The first-order valence-corrected chi connectivity index (χ1v) is 8.79. The van der Waals surface area contributed by atoms with Crippen molar-refractivity contribution in [3.63, 3.8) is 0 Å². The van der Waals surface area contributed by atoms with Crippen molar-refractivity contribution in [1.29, 1.82) is 0 Å². The topological polar surface area (TPSA) is 43.9 Å². The molecule has 0 aliphatic carbocycles. The zero-order valence-electron chi connectivity index (χ0n) is 13.2. The van der Waals surface area contributed by atoms with Crippen molar-refractivity contribution in [1.82, 2.24) is 14.7 Å². The minimum absolute atomic E-state index is 0.0386. The third kappa shape index (κ3) is 2.90. The van der Waals surface area contributed by atoms with Gasteiger partial charge in [-0.1, -0.05) is 6.07 Å². The van der Waals surface area contributed by atoms with Gasteiger partial charge in [0.2, 0.25) is 5.91 Å². The highest BCUT2D eigenvalue weighted by molar-refractivity contribution is 7.12. The van der Waals surface area contributed by atoms with E-state index in [0.717, 1.165) is 43.9 Å². The number of carbonyl (C=O) groups is 2. The average Bonchev–Trinajstić information content (AvgIpc) is 3.07. The molecule has 22 heavy (non-hydrogen) atoms. The predicted octanol–water partition coefficient (Wildman–Crippen LogP) is 1.52. The summed E-state index contributed by atoms with van der Waals surface area (Å²) in [4.78, 5) is 31.4. The zero-order valence-corrected chi connectivity index (χ0v) is 14.0. The third-order valence-corrected chi connectivity index (χ3v) is 5.74. The number of likely N-dealkylation sites (N-methyl/N-ethyl adjacent to an activating group) is 1. The van der Waals surface area contributed by atoms with E-state index in [1.807, 2.05) is 41.3 Å². The molecule has 5 nitrogen and oxygen atoms in total. The Morgan fingerprint density at radius 1 is 1.23 bits per heavy atom. The molecule has 0 saturated carbocycles. The lowest BCUT2D eigenvalue weighted by molar-refractivity contribution is -0.141. The number of amides is 2. The van der Waals surface area contributed by atoms with E-state index in [1.54, 1.807) is 0 Å². The van der Waals surface area contributed by atoms with Crippen LogP contribution in [0, 0.1) is 0 Å². The summed E-state index contributed by atoms with van der Waals surface area (Å²) < 4.78 is 0. The van der Waals surface area contributed by atoms with Gasteiger partial charge in [0, 0.05) is 39.3 Å². The van der Waals surface area contributed by atoms with Crippen LogP contribution in [0.4, 0.5) is 0 Å². The molecule has 0 radical (unpaired) electrons. The molecule has 2 aliphatic rings. The summed E-state index contributed by atoms with van der Waals surface area (Å²) in [5, 5.41) is 1.94. The number of carbonyl (C=O) groups excluding carboxylic acids is 2. The summed E-state index contributed by atoms with van der Waals surface area (Å²) >= 11 is 1.50. The number of hydrogen-bond acceptors (Lipinski definition) is 4. The first-order valence-electron chi connectivity index (χ1n) is 7.91. The van der Waals surface area contributed by atoms with Gasteiger partial charge in [0.05, 0.1) is 10.9 Å². The number of thiophene rings is 1. The molecule has 2 fully saturated rings. The molecule has 1 aromatic rings. The average molecular weight is 321 g/mol. The minimum atomic E-state index is -0.0386. The maximum Gasteiger partial charge on any atom is 0.263 e. The van der Waals surface area contributed by atoms with Crippen LogP contribution in [-0.4, -0.2) is 71.8 Å². The van der Waals surface area contributed by atoms with Crippen molar-refractivity contribution in [2.75, 3.05) is 33.2 Å². The van der Waals surface area contributed by atoms with E-state index < -0.39 is 0 Å². The summed E-state index contributed by atoms with van der Waals surface area (Å²) in [6.07, 6.45) is 1.91. The monoisotopic (exact) mass is 321 g/mol. The van der Waals surface area contributed by atoms with Crippen molar-refractivity contribution in [2.24, 2.45) is 0 Å². The van der Waals surface area contributed by atoms with Crippen molar-refractivity contribution in [3.8, 4) is 0 Å². The van der Waals surface area contributed by atoms with Crippen LogP contribution in [0.5, 0.6) is 0 Å². The molecule has 3 rings (SSSR count). The van der Waals surface area contributed by atoms with Crippen molar-refractivity contribution in [3.05, 3.63) is 22.4 Å². The third-order valence-electron chi connectivity index (χ3n) is 4.88. The molecule has 0 unspecified atom stereocenters. The zero-order chi connectivity index (χ0) is 15.7. The van der Waals surface area contributed by atoms with E-state index >= 15 is 0 Å². The number of nitrogens with zero attached hydrogens (tertiary/aromatic N) is 3. The van der Waals surface area contributed by atoms with Crippen molar-refractivity contribution in [2.45, 2.75) is 31.8 Å². The summed E-state index contributed by atoms with van der Waals surface area (Å²) in [6.45, 7) is 5.31. The van der Waals surface area contributed by atoms with Crippen LogP contribution < -0.4 is 0 Å². The Kier molecular flexibility index (Phi) is 4.49. The normalized spacial score (nSPS) is 24.8. The van der Waals surface area contributed by atoms with Gasteiger partial charge in [-0.2, -0.15) is 0 Å². The Balaban J connectivity index is 1.58. The summed E-state index contributed by atoms with van der Waals surface area (Å²) in [7, 11) is 1.87. The Morgan fingerprint density at radius 2 is 1.95 bits per heavy atom. The number of likely N-dealkylation sites (tertiary alicyclic amines) is 1. The van der Waals surface area contributed by atoms with E-state index in [2.05, 4.69) is 4.90 Å². The van der Waals surface area contributed by atoms with Gasteiger partial charge in [-0.15, -0.1) is 11.3 Å². The molecule has 2 aliphatic heterocycles. The second-order valence-corrected chi connectivity index (χ2v) is 7.12. The molecule has 1 aromatic heterocycles. The van der Waals surface area contributed by atoms with Crippen LogP contribution in [0.2, 0.25) is 0 Å². The molecular weight excluding hydrogens is 298 g/mol. The summed E-state index contributed by atoms with van der Waals surface area (Å²) in [5.74, 6) is 0.360. The Bertz CT molecular complexity index is 538. The van der Waals surface area contributed by atoms with Gasteiger partial charge in [0.1, 0.15) is 0 Å². The first kappa shape index (κ1) is 15.5. The van der Waals surface area contributed by atoms with E-state index in [4.69, 9.17) is 0 Å². The fraction of sp³-hybridized carbons (Fsp3) is 0.625. The van der Waals surface area contributed by atoms with Gasteiger partial charge in [-0.05, 0) is 31.2 Å². The molecule has 6 heteroatoms. The quantitative estimate of drug-likeness (QED) is 0.829. The molecule has 2 saturated heterocycles. The minimum Gasteiger partial charge on any atom is -0.343 e. The van der Waals surface area contributed by atoms with Crippen LogP contribution in [0.25, 0.3) is 0 Å². The molecule has 0 spiro atoms. The highest BCUT2D eigenvalue weighted by Gasteiger charge is 2.36. The molecular formula is C16H23N3O2S. The predicted molar refractivity (Wildman–Crippen MR) is 87.0 cm³/mol. The van der Waals surface area contributed by atoms with Crippen molar-refractivity contribution < 1.29 is 9.59 Å². The number of hydrogen-bond donors (Lipinski definition) is 0. The van der Waals surface area contributed by atoms with Crippen molar-refractivity contribution >= 4 is 23.2 Å². The Morgan fingerprint density at radius 3 is 2.59 bits per heavy atom. The summed E-state index contributed by atoms with van der Waals surface area (Å²) in [5.41, 5.74) is 0. The first-order chi connectivity index (χ1) is 10.6. The van der Waals surface area contributed by atoms with E-state index in [-0.39, 0.29) is 17.9 Å². The van der Waals surface area contributed by atoms with Crippen LogP contribution in [-0.2, 0) is 4.79 Å². The van der Waals surface area contributed by atoms with Crippen LogP contribution in [0.3, 0.4) is 0 Å². The van der Waals surface area contributed by atoms with E-state index in [9.17, 15) is 9.59 Å². The Labute approximate surface area is 135 Å². The molecule has 2 amide bonds. The lowest BCUT2D eigenvalue weighted by Crippen LogP contribution is -2.59. The van der Waals surface area contributed by atoms with Crippen LogP contribution in [0.1, 0.15) is 29.4 Å². The van der Waals surface area contributed by atoms with Crippen LogP contribution in [0.15, 0.2) is 17.5 Å². The largest absolute Gasteiger partial charge is 0.343 e. The lowest BCUT2D eigenvalue weighted by atomic mass is 9.99. The van der Waals surface area contributed by atoms with Gasteiger partial charge in [-0.3, -0.25) is 14.5 Å². The maximum atomic E-state index is 12.4. The van der Waals surface area contributed by atoms with Crippen LogP contribution >= 0.6 is 11.3 Å². The number of rotatable bonds is 2. The molecule has 3 heterocycles.